The smallest absolute Gasteiger partial charge is 0.120 e. The Kier molecular flexibility index (Phi) is 3.33. The average Bonchev–Trinajstić information content (AvgIpc) is 2.82. The summed E-state index contributed by atoms with van der Waals surface area (Å²) in [5, 5.41) is 4.74. The molecule has 0 radical (unpaired) electrons. The van der Waals surface area contributed by atoms with Crippen LogP contribution in [0.1, 0.15) is 5.56 Å². The number of rotatable bonds is 4. The molecule has 1 heterocycles. The topological polar surface area (TPSA) is 26.2 Å². The van der Waals surface area contributed by atoms with E-state index in [2.05, 4.69) is 47.4 Å². The third-order valence-corrected chi connectivity index (χ3v) is 3.53. The van der Waals surface area contributed by atoms with E-state index >= 15 is 0 Å². The summed E-state index contributed by atoms with van der Waals surface area (Å²) in [6.45, 7) is 0.800. The van der Waals surface area contributed by atoms with E-state index < -0.39 is 0 Å². The van der Waals surface area contributed by atoms with Gasteiger partial charge in [0.2, 0.25) is 0 Å². The van der Waals surface area contributed by atoms with E-state index in [9.17, 15) is 0 Å². The summed E-state index contributed by atoms with van der Waals surface area (Å²) in [6.07, 6.45) is 2.18. The number of hydrogen-bond acceptors (Lipinski definition) is 2. The van der Waals surface area contributed by atoms with E-state index in [1.807, 2.05) is 24.3 Å². The number of hydrogen-bond donors (Lipinski definition) is 1. The number of nitrogens with one attached hydrogen (secondary N) is 1. The summed E-state index contributed by atoms with van der Waals surface area (Å²) < 4.78 is 7.40. The molecule has 0 aliphatic heterocycles. The van der Waals surface area contributed by atoms with Crippen LogP contribution < -0.4 is 10.1 Å². The van der Waals surface area contributed by atoms with E-state index in [1.54, 1.807) is 7.11 Å². The van der Waals surface area contributed by atoms with Crippen LogP contribution in [-0.2, 0) is 13.6 Å². The van der Waals surface area contributed by atoms with Crippen LogP contribution in [0.5, 0.6) is 5.75 Å². The molecular weight excluding hydrogens is 248 g/mol. The first kappa shape index (κ1) is 12.6. The van der Waals surface area contributed by atoms with Gasteiger partial charge in [-0.05, 0) is 23.8 Å². The lowest BCUT2D eigenvalue weighted by atomic mass is 10.2. The monoisotopic (exact) mass is 266 g/mol. The normalized spacial score (nSPS) is 10.7. The molecule has 0 saturated heterocycles. The van der Waals surface area contributed by atoms with Crippen LogP contribution in [0, 0.1) is 0 Å². The Labute approximate surface area is 118 Å². The first-order valence-corrected chi connectivity index (χ1v) is 6.69. The van der Waals surface area contributed by atoms with Gasteiger partial charge in [0, 0.05) is 42.4 Å². The predicted octanol–water partition coefficient (Wildman–Crippen LogP) is 3.80. The van der Waals surface area contributed by atoms with E-state index in [4.69, 9.17) is 4.74 Å². The summed E-state index contributed by atoms with van der Waals surface area (Å²) >= 11 is 0. The van der Waals surface area contributed by atoms with Crippen LogP contribution in [0.2, 0.25) is 0 Å². The second-order valence-corrected chi connectivity index (χ2v) is 4.87. The number of methoxy groups -OCH3 is 1. The van der Waals surface area contributed by atoms with E-state index in [0.717, 1.165) is 18.0 Å². The third-order valence-electron chi connectivity index (χ3n) is 3.53. The molecule has 0 aliphatic carbocycles. The van der Waals surface area contributed by atoms with E-state index in [1.165, 1.54) is 16.5 Å². The van der Waals surface area contributed by atoms with Crippen LogP contribution >= 0.6 is 0 Å². The van der Waals surface area contributed by atoms with Crippen LogP contribution in [0.3, 0.4) is 0 Å². The fourth-order valence-electron chi connectivity index (χ4n) is 2.50. The molecule has 0 bridgehead atoms. The van der Waals surface area contributed by atoms with Gasteiger partial charge in [0.1, 0.15) is 5.75 Å². The lowest BCUT2D eigenvalue weighted by molar-refractivity contribution is 0.415. The minimum absolute atomic E-state index is 0.800. The molecule has 0 atom stereocenters. The maximum atomic E-state index is 5.24. The molecule has 3 aromatic rings. The van der Waals surface area contributed by atoms with Crippen LogP contribution in [-0.4, -0.2) is 11.7 Å². The Morgan fingerprint density at radius 2 is 1.95 bits per heavy atom. The standard InChI is InChI=1S/C17H18N2O/c1-19-12-13(16-8-3-4-9-17(16)19)11-18-14-6-5-7-15(10-14)20-2/h3-10,12,18H,11H2,1-2H3. The van der Waals surface area contributed by atoms with Crippen molar-refractivity contribution < 1.29 is 4.74 Å². The Balaban J connectivity index is 1.83. The quantitative estimate of drug-likeness (QED) is 0.777. The maximum absolute atomic E-state index is 5.24. The first-order chi connectivity index (χ1) is 9.78. The Bertz CT molecular complexity index is 731. The van der Waals surface area contributed by atoms with Gasteiger partial charge in [0.15, 0.2) is 0 Å². The highest BCUT2D eigenvalue weighted by Gasteiger charge is 2.05. The number of ether oxygens (including phenoxy) is 1. The van der Waals surface area contributed by atoms with Crippen molar-refractivity contribution in [3.05, 3.63) is 60.3 Å². The number of aryl methyl sites for hydroxylation is 1. The first-order valence-electron chi connectivity index (χ1n) is 6.69. The lowest BCUT2D eigenvalue weighted by Crippen LogP contribution is -1.99. The van der Waals surface area contributed by atoms with Crippen molar-refractivity contribution in [2.24, 2.45) is 7.05 Å². The van der Waals surface area contributed by atoms with Crippen molar-refractivity contribution in [3.8, 4) is 5.75 Å². The van der Waals surface area contributed by atoms with Crippen molar-refractivity contribution >= 4 is 16.6 Å². The minimum atomic E-state index is 0.800. The number of nitrogens with zero attached hydrogens (tertiary/aromatic N) is 1. The highest BCUT2D eigenvalue weighted by molar-refractivity contribution is 5.84. The Hall–Kier alpha value is -2.42. The molecule has 2 aromatic carbocycles. The summed E-state index contributed by atoms with van der Waals surface area (Å²) in [5.74, 6) is 0.868. The molecule has 3 rings (SSSR count). The van der Waals surface area contributed by atoms with Crippen LogP contribution in [0.4, 0.5) is 5.69 Å². The number of anilines is 1. The molecule has 0 spiro atoms. The second-order valence-electron chi connectivity index (χ2n) is 4.87. The van der Waals surface area contributed by atoms with Gasteiger partial charge < -0.3 is 14.6 Å². The molecule has 1 aromatic heterocycles. The van der Waals surface area contributed by atoms with Crippen molar-refractivity contribution in [1.82, 2.24) is 4.57 Å². The van der Waals surface area contributed by atoms with Gasteiger partial charge in [0.25, 0.3) is 0 Å². The molecule has 20 heavy (non-hydrogen) atoms. The molecule has 102 valence electrons. The molecule has 3 heteroatoms. The Morgan fingerprint density at radius 1 is 1.10 bits per heavy atom. The molecule has 1 N–H and O–H groups in total. The van der Waals surface area contributed by atoms with E-state index in [-0.39, 0.29) is 0 Å². The molecular formula is C17H18N2O. The zero-order valence-electron chi connectivity index (χ0n) is 11.8. The summed E-state index contributed by atoms with van der Waals surface area (Å²) in [4.78, 5) is 0. The summed E-state index contributed by atoms with van der Waals surface area (Å²) in [6, 6.07) is 16.5. The van der Waals surface area contributed by atoms with Crippen molar-refractivity contribution in [2.75, 3.05) is 12.4 Å². The Morgan fingerprint density at radius 3 is 2.80 bits per heavy atom. The number of para-hydroxylation sites is 1. The SMILES string of the molecule is COc1cccc(NCc2cn(C)c3ccccc23)c1. The molecule has 0 fully saturated rings. The van der Waals surface area contributed by atoms with Gasteiger partial charge in [-0.25, -0.2) is 0 Å². The fourth-order valence-corrected chi connectivity index (χ4v) is 2.50. The van der Waals surface area contributed by atoms with Gasteiger partial charge in [-0.2, -0.15) is 0 Å². The largest absolute Gasteiger partial charge is 0.497 e. The van der Waals surface area contributed by atoms with Gasteiger partial charge in [0.05, 0.1) is 7.11 Å². The fraction of sp³-hybridized carbons (Fsp3) is 0.176. The van der Waals surface area contributed by atoms with Crippen molar-refractivity contribution in [3.63, 3.8) is 0 Å². The predicted molar refractivity (Wildman–Crippen MR) is 83.2 cm³/mol. The molecule has 0 aliphatic rings. The maximum Gasteiger partial charge on any atom is 0.120 e. The molecule has 0 amide bonds. The zero-order valence-corrected chi connectivity index (χ0v) is 11.8. The van der Waals surface area contributed by atoms with E-state index in [0.29, 0.717) is 0 Å². The summed E-state index contributed by atoms with van der Waals surface area (Å²) in [5.41, 5.74) is 3.62. The molecule has 0 saturated carbocycles. The van der Waals surface area contributed by atoms with Crippen LogP contribution in [0.25, 0.3) is 10.9 Å². The van der Waals surface area contributed by atoms with Gasteiger partial charge in [-0.3, -0.25) is 0 Å². The van der Waals surface area contributed by atoms with Gasteiger partial charge in [-0.15, -0.1) is 0 Å². The summed E-state index contributed by atoms with van der Waals surface area (Å²) in [7, 11) is 3.77. The number of aromatic nitrogens is 1. The average molecular weight is 266 g/mol. The highest BCUT2D eigenvalue weighted by Crippen LogP contribution is 2.22. The number of fused-ring (bicyclic) bond motifs is 1. The second kappa shape index (κ2) is 5.29. The third kappa shape index (κ3) is 2.35. The number of benzene rings is 2. The van der Waals surface area contributed by atoms with Crippen molar-refractivity contribution in [1.29, 1.82) is 0 Å². The van der Waals surface area contributed by atoms with Gasteiger partial charge >= 0.3 is 0 Å². The van der Waals surface area contributed by atoms with Crippen molar-refractivity contribution in [2.45, 2.75) is 6.54 Å². The minimum Gasteiger partial charge on any atom is -0.497 e. The van der Waals surface area contributed by atoms with Crippen LogP contribution in [0.15, 0.2) is 54.7 Å². The molecule has 0 unspecified atom stereocenters. The van der Waals surface area contributed by atoms with Gasteiger partial charge in [-0.1, -0.05) is 24.3 Å². The molecule has 3 nitrogen and oxygen atoms in total. The lowest BCUT2D eigenvalue weighted by Gasteiger charge is -2.07. The highest BCUT2D eigenvalue weighted by atomic mass is 16.5. The zero-order chi connectivity index (χ0) is 13.9.